The molecule has 0 aromatic rings. The molecule has 0 spiro atoms. The van der Waals surface area contributed by atoms with Gasteiger partial charge in [0.25, 0.3) is 0 Å². The second-order valence-electron chi connectivity index (χ2n) is 5.93. The molecule has 0 saturated heterocycles. The summed E-state index contributed by atoms with van der Waals surface area (Å²) in [5.74, 6) is -0.779. The van der Waals surface area contributed by atoms with Crippen LogP contribution in [0.15, 0.2) is 0 Å². The molecule has 0 radical (unpaired) electrons. The van der Waals surface area contributed by atoms with E-state index in [0.29, 0.717) is 0 Å². The molecule has 1 atom stereocenters. The summed E-state index contributed by atoms with van der Waals surface area (Å²) in [6, 6.07) is 0. The van der Waals surface area contributed by atoms with E-state index in [1.54, 1.807) is 41.5 Å². The maximum absolute atomic E-state index is 11.4. The quantitative estimate of drug-likeness (QED) is 0.746. The number of ether oxygens (including phenoxy) is 2. The van der Waals surface area contributed by atoms with Gasteiger partial charge in [-0.2, -0.15) is 0 Å². The molecular weight excluding hydrogens is 238 g/mol. The smallest absolute Gasteiger partial charge is 0.407 e. The normalized spacial score (nSPS) is 13.7. The Morgan fingerprint density at radius 1 is 1.06 bits per heavy atom. The predicted octanol–water partition coefficient (Wildman–Crippen LogP) is 1.21. The van der Waals surface area contributed by atoms with Gasteiger partial charge in [0.1, 0.15) is 11.2 Å². The lowest BCUT2D eigenvalue weighted by atomic mass is 10.2. The maximum Gasteiger partial charge on any atom is 0.407 e. The highest BCUT2D eigenvalue weighted by molar-refractivity contribution is 5.76. The van der Waals surface area contributed by atoms with Gasteiger partial charge in [-0.1, -0.05) is 0 Å². The Hall–Kier alpha value is -1.30. The number of rotatable bonds is 3. The Kier molecular flexibility index (Phi) is 5.60. The molecule has 0 fully saturated rings. The van der Waals surface area contributed by atoms with Gasteiger partial charge < -0.3 is 19.9 Å². The molecule has 0 aliphatic carbocycles. The van der Waals surface area contributed by atoms with E-state index < -0.39 is 29.4 Å². The van der Waals surface area contributed by atoms with Gasteiger partial charge >= 0.3 is 12.1 Å². The fourth-order valence-corrected chi connectivity index (χ4v) is 0.947. The van der Waals surface area contributed by atoms with Gasteiger partial charge in [0, 0.05) is 0 Å². The third-order valence-electron chi connectivity index (χ3n) is 1.52. The summed E-state index contributed by atoms with van der Waals surface area (Å²) in [4.78, 5) is 22.7. The lowest BCUT2D eigenvalue weighted by Crippen LogP contribution is -2.42. The number of hydrogen-bond donors (Lipinski definition) is 2. The molecule has 0 aliphatic rings. The summed E-state index contributed by atoms with van der Waals surface area (Å²) in [5.41, 5.74) is -1.30. The van der Waals surface area contributed by atoms with E-state index in [4.69, 9.17) is 9.47 Å². The van der Waals surface area contributed by atoms with Crippen LogP contribution in [0, 0.1) is 0 Å². The van der Waals surface area contributed by atoms with Crippen molar-refractivity contribution in [2.24, 2.45) is 0 Å². The third-order valence-corrected chi connectivity index (χ3v) is 1.52. The van der Waals surface area contributed by atoms with Crippen molar-refractivity contribution in [1.82, 2.24) is 5.32 Å². The van der Waals surface area contributed by atoms with E-state index in [9.17, 15) is 14.7 Å². The fourth-order valence-electron chi connectivity index (χ4n) is 0.947. The minimum absolute atomic E-state index is 0.246. The van der Waals surface area contributed by atoms with Crippen LogP contribution in [0.25, 0.3) is 0 Å². The van der Waals surface area contributed by atoms with Crippen molar-refractivity contribution in [2.75, 3.05) is 6.54 Å². The average Bonchev–Trinajstić information content (AvgIpc) is 2.08. The van der Waals surface area contributed by atoms with E-state index in [-0.39, 0.29) is 6.54 Å². The number of aliphatic hydroxyl groups excluding tert-OH is 1. The van der Waals surface area contributed by atoms with Gasteiger partial charge in [0.05, 0.1) is 6.54 Å². The van der Waals surface area contributed by atoms with E-state index >= 15 is 0 Å². The first-order valence-electron chi connectivity index (χ1n) is 5.78. The van der Waals surface area contributed by atoms with Crippen molar-refractivity contribution in [2.45, 2.75) is 58.8 Å². The van der Waals surface area contributed by atoms with E-state index in [2.05, 4.69) is 5.32 Å². The zero-order chi connectivity index (χ0) is 14.6. The molecule has 6 heteroatoms. The Morgan fingerprint density at radius 3 is 1.89 bits per heavy atom. The molecule has 6 nitrogen and oxygen atoms in total. The fraction of sp³-hybridized carbons (Fsp3) is 0.833. The highest BCUT2D eigenvalue weighted by Gasteiger charge is 2.24. The largest absolute Gasteiger partial charge is 0.458 e. The Bertz CT molecular complexity index is 301. The second kappa shape index (κ2) is 6.04. The highest BCUT2D eigenvalue weighted by atomic mass is 16.6. The van der Waals surface area contributed by atoms with Crippen molar-refractivity contribution in [3.05, 3.63) is 0 Å². The topological polar surface area (TPSA) is 84.9 Å². The van der Waals surface area contributed by atoms with Crippen LogP contribution in [-0.4, -0.2) is 41.0 Å². The molecule has 0 saturated carbocycles. The summed E-state index contributed by atoms with van der Waals surface area (Å²) in [6.07, 6.45) is -2.10. The molecule has 2 N–H and O–H groups in total. The number of hydrogen-bond acceptors (Lipinski definition) is 5. The number of alkyl carbamates (subject to hydrolysis) is 1. The number of carbonyl (C=O) groups excluding carboxylic acids is 2. The first-order valence-corrected chi connectivity index (χ1v) is 5.78. The Labute approximate surface area is 108 Å². The Balaban J connectivity index is 4.07. The standard InChI is InChI=1S/C12H23NO5/c1-11(2,3)17-9(15)8(14)7-13-10(16)18-12(4,5)6/h8,14H,7H2,1-6H3,(H,13,16). The summed E-state index contributed by atoms with van der Waals surface area (Å²) in [7, 11) is 0. The van der Waals surface area contributed by atoms with Gasteiger partial charge in [0.2, 0.25) is 0 Å². The first kappa shape index (κ1) is 16.7. The number of carbonyl (C=O) groups is 2. The summed E-state index contributed by atoms with van der Waals surface area (Å²) in [6.45, 7) is 9.99. The second-order valence-corrected chi connectivity index (χ2v) is 5.93. The van der Waals surface area contributed by atoms with Gasteiger partial charge in [0.15, 0.2) is 6.10 Å². The minimum atomic E-state index is -1.41. The van der Waals surface area contributed by atoms with Crippen LogP contribution in [0.5, 0.6) is 0 Å². The van der Waals surface area contributed by atoms with Gasteiger partial charge in [-0.25, -0.2) is 9.59 Å². The van der Waals surface area contributed by atoms with Crippen LogP contribution in [0.2, 0.25) is 0 Å². The zero-order valence-corrected chi connectivity index (χ0v) is 11.9. The first-order chi connectivity index (χ1) is 7.91. The van der Waals surface area contributed by atoms with Crippen LogP contribution >= 0.6 is 0 Å². The van der Waals surface area contributed by atoms with Crippen LogP contribution in [0.1, 0.15) is 41.5 Å². The molecule has 1 unspecified atom stereocenters. The molecule has 18 heavy (non-hydrogen) atoms. The molecular formula is C12H23NO5. The SMILES string of the molecule is CC(C)(C)OC(=O)NCC(O)C(=O)OC(C)(C)C. The minimum Gasteiger partial charge on any atom is -0.458 e. The number of esters is 1. The summed E-state index contributed by atoms with van der Waals surface area (Å²) < 4.78 is 9.91. The maximum atomic E-state index is 11.4. The molecule has 1 amide bonds. The van der Waals surface area contributed by atoms with Crippen molar-refractivity contribution in [3.63, 3.8) is 0 Å². The molecule has 0 rings (SSSR count). The van der Waals surface area contributed by atoms with Crippen LogP contribution in [-0.2, 0) is 14.3 Å². The molecule has 0 aromatic heterocycles. The third kappa shape index (κ3) is 8.81. The van der Waals surface area contributed by atoms with Gasteiger partial charge in [-0.05, 0) is 41.5 Å². The van der Waals surface area contributed by atoms with Crippen LogP contribution < -0.4 is 5.32 Å². The summed E-state index contributed by atoms with van der Waals surface area (Å²) in [5, 5.41) is 11.8. The van der Waals surface area contributed by atoms with Gasteiger partial charge in [-0.3, -0.25) is 0 Å². The monoisotopic (exact) mass is 261 g/mol. The van der Waals surface area contributed by atoms with E-state index in [1.807, 2.05) is 0 Å². The molecule has 0 aliphatic heterocycles. The molecule has 0 aromatic carbocycles. The average molecular weight is 261 g/mol. The lowest BCUT2D eigenvalue weighted by molar-refractivity contribution is -0.164. The van der Waals surface area contributed by atoms with Crippen molar-refractivity contribution >= 4 is 12.1 Å². The number of amides is 1. The van der Waals surface area contributed by atoms with Crippen molar-refractivity contribution in [3.8, 4) is 0 Å². The predicted molar refractivity (Wildman–Crippen MR) is 66.1 cm³/mol. The van der Waals surface area contributed by atoms with Crippen molar-refractivity contribution in [1.29, 1.82) is 0 Å². The Morgan fingerprint density at radius 2 is 1.50 bits per heavy atom. The lowest BCUT2D eigenvalue weighted by Gasteiger charge is -2.23. The number of nitrogens with one attached hydrogen (secondary N) is 1. The van der Waals surface area contributed by atoms with E-state index in [0.717, 1.165) is 0 Å². The molecule has 106 valence electrons. The van der Waals surface area contributed by atoms with Crippen LogP contribution in [0.3, 0.4) is 0 Å². The van der Waals surface area contributed by atoms with E-state index in [1.165, 1.54) is 0 Å². The number of aliphatic hydroxyl groups is 1. The van der Waals surface area contributed by atoms with Gasteiger partial charge in [-0.15, -0.1) is 0 Å². The molecule has 0 bridgehead atoms. The zero-order valence-electron chi connectivity index (χ0n) is 11.9. The van der Waals surface area contributed by atoms with Crippen LogP contribution in [0.4, 0.5) is 4.79 Å². The highest BCUT2D eigenvalue weighted by Crippen LogP contribution is 2.09. The van der Waals surface area contributed by atoms with Crippen molar-refractivity contribution < 1.29 is 24.2 Å². The summed E-state index contributed by atoms with van der Waals surface area (Å²) >= 11 is 0. The molecule has 0 heterocycles.